The van der Waals surface area contributed by atoms with Crippen LogP contribution in [0.3, 0.4) is 0 Å². The van der Waals surface area contributed by atoms with Crippen molar-refractivity contribution >= 4 is 30.7 Å². The Kier molecular flexibility index (Phi) is 9.94. The van der Waals surface area contributed by atoms with Crippen molar-refractivity contribution in [1.29, 1.82) is 0 Å². The Balaban J connectivity index is 0. The third-order valence-electron chi connectivity index (χ3n) is 2.03. The fourth-order valence-electron chi connectivity index (χ4n) is 0.986. The van der Waals surface area contributed by atoms with Gasteiger partial charge in [0.15, 0.2) is 0 Å². The molecule has 4 nitrogen and oxygen atoms in total. The van der Waals surface area contributed by atoms with Gasteiger partial charge in [0.1, 0.15) is 5.82 Å². The van der Waals surface area contributed by atoms with Crippen LogP contribution in [0.15, 0.2) is 18.5 Å². The Morgan fingerprint density at radius 3 is 2.65 bits per heavy atom. The van der Waals surface area contributed by atoms with Crippen molar-refractivity contribution in [2.45, 2.75) is 13.0 Å². The Morgan fingerprint density at radius 1 is 1.47 bits per heavy atom. The van der Waals surface area contributed by atoms with Crippen molar-refractivity contribution in [3.05, 3.63) is 29.8 Å². The van der Waals surface area contributed by atoms with Gasteiger partial charge in [0.2, 0.25) is 0 Å². The number of rotatable bonds is 4. The molecule has 0 saturated heterocycles. The molecule has 0 fully saturated rings. The lowest BCUT2D eigenvalue weighted by Gasteiger charge is -2.11. The highest BCUT2D eigenvalue weighted by atomic mass is 35.5. The second kappa shape index (κ2) is 9.15. The first-order valence-electron chi connectivity index (χ1n) is 4.69. The number of carbonyl (C=O) groups is 1. The molecule has 0 aliphatic rings. The first-order chi connectivity index (χ1) is 7.13. The standard InChI is InChI=1S/C10H14FN3O.2ClH/c1-7(12-2)4-14-10(15)8-3-9(11)6-13-5-8;;/h3,5-7,12H,4H2,1-2H3,(H,14,15);2*1H. The van der Waals surface area contributed by atoms with Crippen molar-refractivity contribution in [1.82, 2.24) is 15.6 Å². The maximum atomic E-state index is 12.7. The Labute approximate surface area is 112 Å². The molecule has 1 rings (SSSR count). The minimum Gasteiger partial charge on any atom is -0.350 e. The largest absolute Gasteiger partial charge is 0.350 e. The number of hydrogen-bond donors (Lipinski definition) is 2. The molecule has 0 aromatic carbocycles. The van der Waals surface area contributed by atoms with E-state index in [0.29, 0.717) is 6.54 Å². The highest BCUT2D eigenvalue weighted by Gasteiger charge is 2.07. The number of carbonyl (C=O) groups excluding carboxylic acids is 1. The molecule has 0 bridgehead atoms. The summed E-state index contributed by atoms with van der Waals surface area (Å²) >= 11 is 0. The Bertz CT molecular complexity index is 352. The lowest BCUT2D eigenvalue weighted by atomic mass is 10.2. The number of nitrogens with one attached hydrogen (secondary N) is 2. The van der Waals surface area contributed by atoms with Crippen LogP contribution in [0.5, 0.6) is 0 Å². The summed E-state index contributed by atoms with van der Waals surface area (Å²) in [6.45, 7) is 2.43. The molecule has 1 amide bonds. The molecule has 1 aromatic heterocycles. The van der Waals surface area contributed by atoms with Gasteiger partial charge in [-0.05, 0) is 20.0 Å². The third kappa shape index (κ3) is 6.41. The maximum Gasteiger partial charge on any atom is 0.253 e. The average molecular weight is 284 g/mol. The summed E-state index contributed by atoms with van der Waals surface area (Å²) in [5, 5.41) is 5.65. The van der Waals surface area contributed by atoms with E-state index in [0.717, 1.165) is 12.3 Å². The van der Waals surface area contributed by atoms with E-state index in [1.807, 2.05) is 6.92 Å². The van der Waals surface area contributed by atoms with E-state index in [1.54, 1.807) is 7.05 Å². The molecule has 1 atom stereocenters. The summed E-state index contributed by atoms with van der Waals surface area (Å²) in [5.74, 6) is -0.826. The van der Waals surface area contributed by atoms with E-state index >= 15 is 0 Å². The zero-order valence-corrected chi connectivity index (χ0v) is 11.2. The summed E-state index contributed by atoms with van der Waals surface area (Å²) in [5.41, 5.74) is 0.235. The van der Waals surface area contributed by atoms with Crippen LogP contribution < -0.4 is 10.6 Å². The first-order valence-corrected chi connectivity index (χ1v) is 4.69. The number of halogens is 3. The van der Waals surface area contributed by atoms with Crippen LogP contribution in [0.4, 0.5) is 4.39 Å². The molecule has 2 N–H and O–H groups in total. The minimum atomic E-state index is -0.510. The molecule has 0 aliphatic heterocycles. The van der Waals surface area contributed by atoms with E-state index in [-0.39, 0.29) is 42.3 Å². The molecule has 0 aliphatic carbocycles. The second-order valence-corrected chi connectivity index (χ2v) is 3.29. The highest BCUT2D eigenvalue weighted by Crippen LogP contribution is 2.00. The second-order valence-electron chi connectivity index (χ2n) is 3.29. The van der Waals surface area contributed by atoms with Crippen molar-refractivity contribution in [3.63, 3.8) is 0 Å². The van der Waals surface area contributed by atoms with E-state index in [1.165, 1.54) is 6.20 Å². The molecule has 7 heteroatoms. The zero-order valence-electron chi connectivity index (χ0n) is 9.57. The van der Waals surface area contributed by atoms with Gasteiger partial charge in [-0.15, -0.1) is 24.8 Å². The van der Waals surface area contributed by atoms with Gasteiger partial charge in [0.25, 0.3) is 5.91 Å². The van der Waals surface area contributed by atoms with Gasteiger partial charge in [-0.1, -0.05) is 0 Å². The third-order valence-corrected chi connectivity index (χ3v) is 2.03. The molecule has 98 valence electrons. The van der Waals surface area contributed by atoms with Crippen LogP contribution >= 0.6 is 24.8 Å². The molecule has 0 spiro atoms. The molecule has 0 saturated carbocycles. The Morgan fingerprint density at radius 2 is 2.12 bits per heavy atom. The number of likely N-dealkylation sites (N-methyl/N-ethyl adjacent to an activating group) is 1. The smallest absolute Gasteiger partial charge is 0.253 e. The molecule has 17 heavy (non-hydrogen) atoms. The first kappa shape index (κ1) is 18.5. The van der Waals surface area contributed by atoms with Gasteiger partial charge in [0, 0.05) is 18.8 Å². The van der Waals surface area contributed by atoms with Gasteiger partial charge in [-0.3, -0.25) is 9.78 Å². The number of pyridine rings is 1. The van der Waals surface area contributed by atoms with Crippen molar-refractivity contribution in [2.75, 3.05) is 13.6 Å². The maximum absolute atomic E-state index is 12.7. The number of amides is 1. The highest BCUT2D eigenvalue weighted by molar-refractivity contribution is 5.93. The molecular weight excluding hydrogens is 268 g/mol. The molecule has 0 radical (unpaired) electrons. The quantitative estimate of drug-likeness (QED) is 0.878. The van der Waals surface area contributed by atoms with Crippen LogP contribution in [0.1, 0.15) is 17.3 Å². The minimum absolute atomic E-state index is 0. The lowest BCUT2D eigenvalue weighted by molar-refractivity contribution is 0.0949. The summed E-state index contributed by atoms with van der Waals surface area (Å²) < 4.78 is 12.7. The van der Waals surface area contributed by atoms with Crippen LogP contribution in [-0.2, 0) is 0 Å². The van der Waals surface area contributed by atoms with Crippen molar-refractivity contribution in [3.8, 4) is 0 Å². The van der Waals surface area contributed by atoms with E-state index < -0.39 is 5.82 Å². The predicted octanol–water partition coefficient (Wildman–Crippen LogP) is 1.40. The number of hydrogen-bond acceptors (Lipinski definition) is 3. The summed E-state index contributed by atoms with van der Waals surface area (Å²) in [7, 11) is 1.81. The van der Waals surface area contributed by atoms with E-state index in [2.05, 4.69) is 15.6 Å². The van der Waals surface area contributed by atoms with E-state index in [9.17, 15) is 9.18 Å². The van der Waals surface area contributed by atoms with Crippen molar-refractivity contribution in [2.24, 2.45) is 0 Å². The molecule has 1 aromatic rings. The van der Waals surface area contributed by atoms with Gasteiger partial charge < -0.3 is 10.6 Å². The fourth-order valence-corrected chi connectivity index (χ4v) is 0.986. The van der Waals surface area contributed by atoms with Gasteiger partial charge in [-0.25, -0.2) is 4.39 Å². The Hall–Kier alpha value is -0.910. The predicted molar refractivity (Wildman–Crippen MR) is 69.5 cm³/mol. The van der Waals surface area contributed by atoms with Crippen molar-refractivity contribution < 1.29 is 9.18 Å². The van der Waals surface area contributed by atoms with Gasteiger partial charge >= 0.3 is 0 Å². The zero-order chi connectivity index (χ0) is 11.3. The summed E-state index contributed by atoms with van der Waals surface area (Å²) in [6.07, 6.45) is 2.40. The van der Waals surface area contributed by atoms with E-state index in [4.69, 9.17) is 0 Å². The summed E-state index contributed by atoms with van der Waals surface area (Å²) in [4.78, 5) is 15.1. The fraction of sp³-hybridized carbons (Fsp3) is 0.400. The average Bonchev–Trinajstić information content (AvgIpc) is 2.25. The van der Waals surface area contributed by atoms with Crippen LogP contribution in [-0.4, -0.2) is 30.5 Å². The SMILES string of the molecule is CNC(C)CNC(=O)c1cncc(F)c1.Cl.Cl. The van der Waals surface area contributed by atoms with Crippen LogP contribution in [0.2, 0.25) is 0 Å². The van der Waals surface area contributed by atoms with Gasteiger partial charge in [-0.2, -0.15) is 0 Å². The molecule has 1 heterocycles. The normalized spacial score (nSPS) is 10.8. The number of nitrogens with zero attached hydrogens (tertiary/aromatic N) is 1. The lowest BCUT2D eigenvalue weighted by Crippen LogP contribution is -2.37. The van der Waals surface area contributed by atoms with Gasteiger partial charge in [0.05, 0.1) is 11.8 Å². The van der Waals surface area contributed by atoms with Crippen LogP contribution in [0, 0.1) is 5.82 Å². The molecular formula is C10H16Cl2FN3O. The topological polar surface area (TPSA) is 54.0 Å². The summed E-state index contributed by atoms with van der Waals surface area (Å²) in [6, 6.07) is 1.34. The molecule has 1 unspecified atom stereocenters. The number of aromatic nitrogens is 1. The monoisotopic (exact) mass is 283 g/mol. The van der Waals surface area contributed by atoms with Crippen LogP contribution in [0.25, 0.3) is 0 Å².